The van der Waals surface area contributed by atoms with Crippen molar-refractivity contribution in [2.45, 2.75) is 58.6 Å². The third kappa shape index (κ3) is 3.83. The van der Waals surface area contributed by atoms with Gasteiger partial charge in [0.25, 0.3) is 0 Å². The van der Waals surface area contributed by atoms with E-state index < -0.39 is 5.60 Å². The first-order valence-corrected chi connectivity index (χ1v) is 9.01. The van der Waals surface area contributed by atoms with Crippen molar-refractivity contribution in [3.05, 3.63) is 24.0 Å². The molecule has 2 aromatic rings. The van der Waals surface area contributed by atoms with Crippen LogP contribution in [0.25, 0.3) is 11.0 Å². The maximum absolute atomic E-state index is 12.2. The van der Waals surface area contributed by atoms with E-state index in [9.17, 15) is 4.79 Å². The number of aromatic nitrogens is 2. The van der Waals surface area contributed by atoms with Gasteiger partial charge in [-0.25, -0.2) is 9.78 Å². The maximum Gasteiger partial charge on any atom is 0.410 e. The van der Waals surface area contributed by atoms with Gasteiger partial charge in [-0.05, 0) is 45.6 Å². The van der Waals surface area contributed by atoms with E-state index in [0.717, 1.165) is 30.3 Å². The molecule has 2 radical (unpaired) electrons. The lowest BCUT2D eigenvalue weighted by atomic mass is 9.97. The van der Waals surface area contributed by atoms with Gasteiger partial charge in [0.15, 0.2) is 0 Å². The molecule has 1 aliphatic heterocycles. The molecule has 1 fully saturated rings. The highest BCUT2D eigenvalue weighted by molar-refractivity contribution is 6.32. The topological polar surface area (TPSA) is 47.4 Å². The molecule has 3 heterocycles. The molecule has 1 saturated heterocycles. The number of carbonyl (C=O) groups is 1. The SMILES string of the molecule is [B]c1cnc2c(c1)c(CC)cn2C1CCN(C(=O)OC(C)(C)C)CC1. The standard InChI is InChI=1S/C19H26BN3O2/c1-5-13-12-23(17-16(13)10-14(20)11-21-17)15-6-8-22(9-7-15)18(24)25-19(2,3)4/h10-12,15H,5-9H2,1-4H3. The molecule has 0 atom stereocenters. The summed E-state index contributed by atoms with van der Waals surface area (Å²) in [5.41, 5.74) is 2.50. The van der Waals surface area contributed by atoms with Gasteiger partial charge in [-0.3, -0.25) is 0 Å². The summed E-state index contributed by atoms with van der Waals surface area (Å²) in [7, 11) is 5.91. The van der Waals surface area contributed by atoms with Crippen LogP contribution in [0.2, 0.25) is 0 Å². The van der Waals surface area contributed by atoms with Gasteiger partial charge in [-0.1, -0.05) is 18.5 Å². The molecule has 1 aliphatic rings. The fourth-order valence-electron chi connectivity index (χ4n) is 3.43. The molecule has 0 N–H and O–H groups in total. The van der Waals surface area contributed by atoms with E-state index in [-0.39, 0.29) is 6.09 Å². The zero-order chi connectivity index (χ0) is 18.2. The van der Waals surface area contributed by atoms with E-state index in [4.69, 9.17) is 12.6 Å². The fourth-order valence-corrected chi connectivity index (χ4v) is 3.43. The Morgan fingerprint density at radius 2 is 2.04 bits per heavy atom. The largest absolute Gasteiger partial charge is 0.444 e. The second kappa shape index (κ2) is 6.73. The summed E-state index contributed by atoms with van der Waals surface area (Å²) in [5.74, 6) is 0. The van der Waals surface area contributed by atoms with Crippen LogP contribution < -0.4 is 5.46 Å². The first-order valence-electron chi connectivity index (χ1n) is 9.01. The molecule has 1 amide bonds. The number of carbonyl (C=O) groups excluding carboxylic acids is 1. The summed E-state index contributed by atoms with van der Waals surface area (Å²) in [4.78, 5) is 18.6. The molecule has 5 nitrogen and oxygen atoms in total. The zero-order valence-corrected chi connectivity index (χ0v) is 15.6. The molecule has 0 bridgehead atoms. The van der Waals surface area contributed by atoms with Gasteiger partial charge < -0.3 is 14.2 Å². The highest BCUT2D eigenvalue weighted by Gasteiger charge is 2.28. The number of hydrogen-bond donors (Lipinski definition) is 0. The number of likely N-dealkylation sites (tertiary alicyclic amines) is 1. The van der Waals surface area contributed by atoms with E-state index in [2.05, 4.69) is 22.7 Å². The molecule has 0 spiro atoms. The lowest BCUT2D eigenvalue weighted by Crippen LogP contribution is -2.42. The molecule has 0 unspecified atom stereocenters. The Hall–Kier alpha value is -1.98. The Morgan fingerprint density at radius 1 is 1.36 bits per heavy atom. The van der Waals surface area contributed by atoms with Crippen molar-refractivity contribution in [1.82, 2.24) is 14.5 Å². The Balaban J connectivity index is 1.75. The monoisotopic (exact) mass is 339 g/mol. The van der Waals surface area contributed by atoms with Crippen LogP contribution in [0.15, 0.2) is 18.5 Å². The average Bonchev–Trinajstić information content (AvgIpc) is 2.91. The average molecular weight is 339 g/mol. The molecule has 3 rings (SSSR count). The van der Waals surface area contributed by atoms with Crippen LogP contribution in [0.3, 0.4) is 0 Å². The molecule has 6 heteroatoms. The molecular weight excluding hydrogens is 313 g/mol. The number of rotatable bonds is 2. The van der Waals surface area contributed by atoms with Crippen molar-refractivity contribution in [1.29, 1.82) is 0 Å². The first-order chi connectivity index (χ1) is 11.8. The van der Waals surface area contributed by atoms with Gasteiger partial charge >= 0.3 is 6.09 Å². The summed E-state index contributed by atoms with van der Waals surface area (Å²) in [6.45, 7) is 9.24. The zero-order valence-electron chi connectivity index (χ0n) is 15.6. The van der Waals surface area contributed by atoms with Crippen LogP contribution in [-0.4, -0.2) is 47.1 Å². The van der Waals surface area contributed by atoms with Crippen LogP contribution in [0.5, 0.6) is 0 Å². The number of hydrogen-bond acceptors (Lipinski definition) is 3. The Labute approximate surface area is 150 Å². The highest BCUT2D eigenvalue weighted by atomic mass is 16.6. The molecular formula is C19H26BN3O2. The van der Waals surface area contributed by atoms with E-state index in [0.29, 0.717) is 24.6 Å². The normalized spacial score (nSPS) is 16.4. The number of piperidine rings is 1. The molecule has 0 aromatic carbocycles. The molecule has 132 valence electrons. The molecule has 2 aromatic heterocycles. The van der Waals surface area contributed by atoms with Crippen LogP contribution in [-0.2, 0) is 11.2 Å². The third-order valence-electron chi connectivity index (χ3n) is 4.66. The fraction of sp³-hybridized carbons (Fsp3) is 0.579. The number of aryl methyl sites for hydroxylation is 1. The van der Waals surface area contributed by atoms with Crippen LogP contribution >= 0.6 is 0 Å². The van der Waals surface area contributed by atoms with Crippen molar-refractivity contribution in [2.24, 2.45) is 0 Å². The van der Waals surface area contributed by atoms with E-state index in [1.165, 1.54) is 5.56 Å². The quantitative estimate of drug-likeness (QED) is 0.791. The van der Waals surface area contributed by atoms with Crippen molar-refractivity contribution >= 4 is 30.4 Å². The van der Waals surface area contributed by atoms with Gasteiger partial charge in [0, 0.05) is 36.9 Å². The van der Waals surface area contributed by atoms with Crippen molar-refractivity contribution in [2.75, 3.05) is 13.1 Å². The second-order valence-electron chi connectivity index (χ2n) is 7.75. The summed E-state index contributed by atoms with van der Waals surface area (Å²) in [5, 5.41) is 1.14. The lowest BCUT2D eigenvalue weighted by molar-refractivity contribution is 0.0189. The summed E-state index contributed by atoms with van der Waals surface area (Å²) >= 11 is 0. The predicted molar refractivity (Wildman–Crippen MR) is 101 cm³/mol. The van der Waals surface area contributed by atoms with Crippen LogP contribution in [0.1, 0.15) is 52.1 Å². The third-order valence-corrected chi connectivity index (χ3v) is 4.66. The van der Waals surface area contributed by atoms with Gasteiger partial charge in [0.05, 0.1) is 0 Å². The van der Waals surface area contributed by atoms with Crippen LogP contribution in [0, 0.1) is 0 Å². The number of pyridine rings is 1. The minimum absolute atomic E-state index is 0.219. The van der Waals surface area contributed by atoms with Crippen molar-refractivity contribution in [3.8, 4) is 0 Å². The van der Waals surface area contributed by atoms with Crippen molar-refractivity contribution < 1.29 is 9.53 Å². The maximum atomic E-state index is 12.2. The number of amides is 1. The molecule has 25 heavy (non-hydrogen) atoms. The number of ether oxygens (including phenoxy) is 1. The minimum Gasteiger partial charge on any atom is -0.444 e. The first kappa shape index (κ1) is 17.8. The van der Waals surface area contributed by atoms with Gasteiger partial charge in [0.1, 0.15) is 19.1 Å². The van der Waals surface area contributed by atoms with Gasteiger partial charge in [-0.15, -0.1) is 0 Å². The molecule has 0 saturated carbocycles. The summed E-state index contributed by atoms with van der Waals surface area (Å²) in [6, 6.07) is 2.35. The summed E-state index contributed by atoms with van der Waals surface area (Å²) in [6.07, 6.45) is 6.45. The predicted octanol–water partition coefficient (Wildman–Crippen LogP) is 2.96. The Kier molecular flexibility index (Phi) is 4.80. The Bertz CT molecular complexity index is 771. The van der Waals surface area contributed by atoms with E-state index in [1.54, 1.807) is 11.1 Å². The summed E-state index contributed by atoms with van der Waals surface area (Å²) < 4.78 is 7.74. The van der Waals surface area contributed by atoms with Gasteiger partial charge in [-0.2, -0.15) is 0 Å². The number of nitrogens with zero attached hydrogens (tertiary/aromatic N) is 3. The van der Waals surface area contributed by atoms with Gasteiger partial charge in [0.2, 0.25) is 0 Å². The minimum atomic E-state index is -0.454. The van der Waals surface area contributed by atoms with E-state index >= 15 is 0 Å². The second-order valence-corrected chi connectivity index (χ2v) is 7.75. The highest BCUT2D eigenvalue weighted by Crippen LogP contribution is 2.29. The smallest absolute Gasteiger partial charge is 0.410 e. The van der Waals surface area contributed by atoms with Crippen LogP contribution in [0.4, 0.5) is 4.79 Å². The van der Waals surface area contributed by atoms with E-state index in [1.807, 2.05) is 26.8 Å². The Morgan fingerprint density at radius 3 is 2.64 bits per heavy atom. The van der Waals surface area contributed by atoms with Crippen molar-refractivity contribution in [3.63, 3.8) is 0 Å². The number of fused-ring (bicyclic) bond motifs is 1. The lowest BCUT2D eigenvalue weighted by Gasteiger charge is -2.34. The molecule has 0 aliphatic carbocycles.